The Morgan fingerprint density at radius 3 is 2.15 bits per heavy atom. The zero-order valence-electron chi connectivity index (χ0n) is 11.2. The van der Waals surface area contributed by atoms with Gasteiger partial charge in [0.15, 0.2) is 6.04 Å². The molecular formula is C13H15F2NO4. The minimum absolute atomic E-state index is 0.745. The van der Waals surface area contributed by atoms with Crippen LogP contribution in [0.1, 0.15) is 32.4 Å². The number of hydrogen-bond acceptors (Lipinski definition) is 3. The Hall–Kier alpha value is -2.18. The first-order chi connectivity index (χ1) is 9.11. The molecule has 1 rings (SSSR count). The van der Waals surface area contributed by atoms with Gasteiger partial charge >= 0.3 is 12.1 Å². The van der Waals surface area contributed by atoms with E-state index >= 15 is 0 Å². The van der Waals surface area contributed by atoms with E-state index in [2.05, 4.69) is 0 Å². The molecule has 0 saturated carbocycles. The third-order valence-corrected chi connectivity index (χ3v) is 2.20. The van der Waals surface area contributed by atoms with Crippen LogP contribution in [0.3, 0.4) is 0 Å². The third kappa shape index (κ3) is 4.18. The van der Waals surface area contributed by atoms with Crippen LogP contribution in [0.2, 0.25) is 0 Å². The summed E-state index contributed by atoms with van der Waals surface area (Å²) in [5.74, 6) is -3.72. The quantitative estimate of drug-likeness (QED) is 0.896. The summed E-state index contributed by atoms with van der Waals surface area (Å²) in [6.07, 6.45) is -1.08. The van der Waals surface area contributed by atoms with Gasteiger partial charge in [0, 0.05) is 0 Å². The van der Waals surface area contributed by atoms with E-state index in [0.717, 1.165) is 18.2 Å². The first-order valence-corrected chi connectivity index (χ1v) is 5.78. The first-order valence-electron chi connectivity index (χ1n) is 5.78. The van der Waals surface area contributed by atoms with Crippen LogP contribution in [0.15, 0.2) is 18.2 Å². The fourth-order valence-electron chi connectivity index (χ4n) is 1.47. The lowest BCUT2D eigenvalue weighted by atomic mass is 10.1. The lowest BCUT2D eigenvalue weighted by molar-refractivity contribution is -0.139. The summed E-state index contributed by atoms with van der Waals surface area (Å²) in [5, 5.41) is 10.9. The Bertz CT molecular complexity index is 505. The average molecular weight is 287 g/mol. The number of nitrogens with one attached hydrogen (secondary N) is 1. The van der Waals surface area contributed by atoms with Crippen molar-refractivity contribution in [3.63, 3.8) is 0 Å². The number of amides is 1. The topological polar surface area (TPSA) is 75.6 Å². The minimum atomic E-state index is -1.87. The fourth-order valence-corrected chi connectivity index (χ4v) is 1.47. The van der Waals surface area contributed by atoms with Gasteiger partial charge in [0.25, 0.3) is 0 Å². The molecule has 0 spiro atoms. The Morgan fingerprint density at radius 1 is 1.25 bits per heavy atom. The van der Waals surface area contributed by atoms with E-state index in [1.165, 1.54) is 0 Å². The molecular weight excluding hydrogens is 272 g/mol. The Kier molecular flexibility index (Phi) is 4.65. The zero-order chi connectivity index (χ0) is 15.5. The molecule has 1 aromatic rings. The standard InChI is InChI=1S/C13H15F2NO4/c1-13(2,3)20-12(19)16-10(11(17)18)9-7(14)5-4-6-8(9)15/h4-6,10H,1-3H3,(H,16,19)(H,17,18)/t10-/m0/s1. The normalized spacial score (nSPS) is 12.7. The number of carboxylic acid groups (broad SMARTS) is 1. The van der Waals surface area contributed by atoms with E-state index in [1.807, 2.05) is 5.32 Å². The molecule has 0 aliphatic heterocycles. The number of aliphatic carboxylic acids is 1. The summed E-state index contributed by atoms with van der Waals surface area (Å²) in [6, 6.07) is 1.04. The van der Waals surface area contributed by atoms with Crippen LogP contribution in [0.5, 0.6) is 0 Å². The van der Waals surface area contributed by atoms with Crippen molar-refractivity contribution in [3.05, 3.63) is 35.4 Å². The van der Waals surface area contributed by atoms with Gasteiger partial charge in [-0.05, 0) is 32.9 Å². The van der Waals surface area contributed by atoms with Gasteiger partial charge in [-0.3, -0.25) is 0 Å². The fraction of sp³-hybridized carbons (Fsp3) is 0.385. The monoisotopic (exact) mass is 287 g/mol. The number of rotatable bonds is 3. The van der Waals surface area contributed by atoms with Crippen molar-refractivity contribution in [2.75, 3.05) is 0 Å². The van der Waals surface area contributed by atoms with Gasteiger partial charge in [-0.2, -0.15) is 0 Å². The summed E-state index contributed by atoms with van der Waals surface area (Å²) in [6.45, 7) is 4.73. The maximum Gasteiger partial charge on any atom is 0.408 e. The molecule has 110 valence electrons. The molecule has 7 heteroatoms. The molecule has 0 aliphatic carbocycles. The summed E-state index contributed by atoms with van der Waals surface area (Å²) in [4.78, 5) is 22.6. The van der Waals surface area contributed by atoms with Gasteiger partial charge in [-0.1, -0.05) is 6.07 Å². The molecule has 0 aliphatic rings. The summed E-state index contributed by atoms with van der Waals surface area (Å²) < 4.78 is 32.0. The van der Waals surface area contributed by atoms with Crippen LogP contribution in [-0.2, 0) is 9.53 Å². The third-order valence-electron chi connectivity index (χ3n) is 2.20. The highest BCUT2D eigenvalue weighted by Crippen LogP contribution is 2.21. The maximum absolute atomic E-state index is 13.6. The lowest BCUT2D eigenvalue weighted by Gasteiger charge is -2.22. The molecule has 0 fully saturated rings. The van der Waals surface area contributed by atoms with Crippen molar-refractivity contribution in [2.24, 2.45) is 0 Å². The smallest absolute Gasteiger partial charge is 0.408 e. The van der Waals surface area contributed by atoms with Crippen LogP contribution < -0.4 is 5.32 Å². The summed E-state index contributed by atoms with van der Waals surface area (Å²) >= 11 is 0. The Labute approximate surface area is 114 Å². The number of carboxylic acids is 1. The van der Waals surface area contributed by atoms with E-state index in [9.17, 15) is 18.4 Å². The second-order valence-corrected chi connectivity index (χ2v) is 5.05. The van der Waals surface area contributed by atoms with Crippen LogP contribution in [0, 0.1) is 11.6 Å². The van der Waals surface area contributed by atoms with Crippen molar-refractivity contribution >= 4 is 12.1 Å². The first kappa shape index (κ1) is 15.9. The number of hydrogen-bond donors (Lipinski definition) is 2. The number of benzene rings is 1. The van der Waals surface area contributed by atoms with Crippen LogP contribution in [0.4, 0.5) is 13.6 Å². The largest absolute Gasteiger partial charge is 0.479 e. The molecule has 0 saturated heterocycles. The second-order valence-electron chi connectivity index (χ2n) is 5.05. The van der Waals surface area contributed by atoms with Crippen molar-refractivity contribution in [2.45, 2.75) is 32.4 Å². The van der Waals surface area contributed by atoms with E-state index in [4.69, 9.17) is 9.84 Å². The summed E-state index contributed by atoms with van der Waals surface area (Å²) in [5.41, 5.74) is -1.60. The molecule has 5 nitrogen and oxygen atoms in total. The molecule has 20 heavy (non-hydrogen) atoms. The lowest BCUT2D eigenvalue weighted by Crippen LogP contribution is -2.38. The highest BCUT2D eigenvalue weighted by atomic mass is 19.1. The zero-order valence-corrected chi connectivity index (χ0v) is 11.2. The van der Waals surface area contributed by atoms with E-state index in [1.54, 1.807) is 20.8 Å². The number of ether oxygens (including phenoxy) is 1. The van der Waals surface area contributed by atoms with Crippen LogP contribution in [-0.4, -0.2) is 22.8 Å². The molecule has 1 aromatic carbocycles. The number of halogens is 2. The van der Waals surface area contributed by atoms with E-state index in [0.29, 0.717) is 0 Å². The van der Waals surface area contributed by atoms with Crippen molar-refractivity contribution in [1.29, 1.82) is 0 Å². The molecule has 1 amide bonds. The van der Waals surface area contributed by atoms with E-state index < -0.39 is 40.9 Å². The molecule has 0 unspecified atom stereocenters. The van der Waals surface area contributed by atoms with Gasteiger partial charge in [-0.25, -0.2) is 18.4 Å². The van der Waals surface area contributed by atoms with Gasteiger partial charge in [-0.15, -0.1) is 0 Å². The number of carbonyl (C=O) groups excluding carboxylic acids is 1. The average Bonchev–Trinajstić information content (AvgIpc) is 2.24. The second kappa shape index (κ2) is 5.85. The SMILES string of the molecule is CC(C)(C)OC(=O)N[C@H](C(=O)O)c1c(F)cccc1F. The molecule has 1 atom stereocenters. The van der Waals surface area contributed by atoms with Gasteiger partial charge < -0.3 is 15.2 Å². The molecule has 0 bridgehead atoms. The van der Waals surface area contributed by atoms with Crippen molar-refractivity contribution < 1.29 is 28.2 Å². The van der Waals surface area contributed by atoms with Gasteiger partial charge in [0.1, 0.15) is 17.2 Å². The Morgan fingerprint density at radius 2 is 1.75 bits per heavy atom. The summed E-state index contributed by atoms with van der Waals surface area (Å²) in [7, 11) is 0. The molecule has 0 heterocycles. The number of carbonyl (C=O) groups is 2. The number of alkyl carbamates (subject to hydrolysis) is 1. The van der Waals surface area contributed by atoms with Crippen LogP contribution in [0.25, 0.3) is 0 Å². The van der Waals surface area contributed by atoms with Crippen LogP contribution >= 0.6 is 0 Å². The van der Waals surface area contributed by atoms with E-state index in [-0.39, 0.29) is 0 Å². The van der Waals surface area contributed by atoms with Gasteiger partial charge in [0.2, 0.25) is 0 Å². The minimum Gasteiger partial charge on any atom is -0.479 e. The molecule has 2 N–H and O–H groups in total. The predicted octanol–water partition coefficient (Wildman–Crippen LogP) is 2.62. The highest BCUT2D eigenvalue weighted by molar-refractivity contribution is 5.81. The molecule has 0 radical (unpaired) electrons. The van der Waals surface area contributed by atoms with Crippen molar-refractivity contribution in [3.8, 4) is 0 Å². The maximum atomic E-state index is 13.6. The Balaban J connectivity index is 3.02. The predicted molar refractivity (Wildman–Crippen MR) is 66.1 cm³/mol. The van der Waals surface area contributed by atoms with Crippen molar-refractivity contribution in [1.82, 2.24) is 5.32 Å². The molecule has 0 aromatic heterocycles. The highest BCUT2D eigenvalue weighted by Gasteiger charge is 2.30. The van der Waals surface area contributed by atoms with Gasteiger partial charge in [0.05, 0.1) is 5.56 Å².